The van der Waals surface area contributed by atoms with Gasteiger partial charge in [-0.2, -0.15) is 0 Å². The zero-order chi connectivity index (χ0) is 13.2. The molecule has 0 unspecified atom stereocenters. The standard InChI is InChI=1S/C13H10O5S/c14-13(15)12-4-2-9(19-12)6-16-8-1-3-10-11(5-8)18-7-17-10/h1-5H,6-7H2,(H,14,15). The third-order valence-electron chi connectivity index (χ3n) is 2.60. The SMILES string of the molecule is O=C(O)c1ccc(COc2ccc3c(c2)OCO3)s1. The molecule has 1 aromatic carbocycles. The van der Waals surface area contributed by atoms with E-state index in [1.165, 1.54) is 11.3 Å². The van der Waals surface area contributed by atoms with E-state index in [0.29, 0.717) is 28.7 Å². The fourth-order valence-electron chi connectivity index (χ4n) is 1.69. The highest BCUT2D eigenvalue weighted by Crippen LogP contribution is 2.35. The van der Waals surface area contributed by atoms with Crippen LogP contribution in [-0.4, -0.2) is 17.9 Å². The van der Waals surface area contributed by atoms with Crippen LogP contribution >= 0.6 is 11.3 Å². The number of aromatic carboxylic acids is 1. The molecular formula is C13H10O5S. The predicted octanol–water partition coefficient (Wildman–Crippen LogP) is 2.75. The molecule has 0 aliphatic carbocycles. The highest BCUT2D eigenvalue weighted by molar-refractivity contribution is 7.13. The number of fused-ring (bicyclic) bond motifs is 1. The molecule has 98 valence electrons. The lowest BCUT2D eigenvalue weighted by Gasteiger charge is -2.05. The molecule has 3 rings (SSSR count). The van der Waals surface area contributed by atoms with Crippen LogP contribution in [0.2, 0.25) is 0 Å². The van der Waals surface area contributed by atoms with E-state index in [1.807, 2.05) is 0 Å². The average molecular weight is 278 g/mol. The molecule has 0 atom stereocenters. The van der Waals surface area contributed by atoms with Gasteiger partial charge in [-0.15, -0.1) is 11.3 Å². The Kier molecular flexibility index (Phi) is 3.00. The highest BCUT2D eigenvalue weighted by Gasteiger charge is 2.14. The summed E-state index contributed by atoms with van der Waals surface area (Å²) in [5.41, 5.74) is 0. The maximum absolute atomic E-state index is 10.8. The van der Waals surface area contributed by atoms with Crippen molar-refractivity contribution >= 4 is 17.3 Å². The Morgan fingerprint density at radius 1 is 1.26 bits per heavy atom. The summed E-state index contributed by atoms with van der Waals surface area (Å²) in [5.74, 6) is 1.11. The summed E-state index contributed by atoms with van der Waals surface area (Å²) in [5, 5.41) is 8.83. The van der Waals surface area contributed by atoms with Crippen LogP contribution in [-0.2, 0) is 6.61 Å². The van der Waals surface area contributed by atoms with Crippen molar-refractivity contribution in [3.63, 3.8) is 0 Å². The minimum Gasteiger partial charge on any atom is -0.488 e. The van der Waals surface area contributed by atoms with Gasteiger partial charge in [-0.1, -0.05) is 0 Å². The first-order chi connectivity index (χ1) is 9.22. The van der Waals surface area contributed by atoms with Gasteiger partial charge in [0.15, 0.2) is 11.5 Å². The van der Waals surface area contributed by atoms with Gasteiger partial charge in [-0.25, -0.2) is 4.79 Å². The Bertz CT molecular complexity index is 619. The van der Waals surface area contributed by atoms with E-state index >= 15 is 0 Å². The average Bonchev–Trinajstić information content (AvgIpc) is 3.04. The van der Waals surface area contributed by atoms with Gasteiger partial charge in [-0.3, -0.25) is 0 Å². The molecule has 1 aliphatic heterocycles. The number of carboxylic acid groups (broad SMARTS) is 1. The lowest BCUT2D eigenvalue weighted by atomic mass is 10.3. The number of ether oxygens (including phenoxy) is 3. The zero-order valence-electron chi connectivity index (χ0n) is 9.79. The molecule has 5 nitrogen and oxygen atoms in total. The summed E-state index contributed by atoms with van der Waals surface area (Å²) in [6.07, 6.45) is 0. The lowest BCUT2D eigenvalue weighted by molar-refractivity contribution is 0.0702. The maximum Gasteiger partial charge on any atom is 0.345 e. The molecule has 1 aromatic heterocycles. The molecule has 2 heterocycles. The fraction of sp³-hybridized carbons (Fsp3) is 0.154. The molecule has 1 aliphatic rings. The van der Waals surface area contributed by atoms with Gasteiger partial charge in [0.25, 0.3) is 0 Å². The number of carboxylic acids is 1. The summed E-state index contributed by atoms with van der Waals surface area (Å²) < 4.78 is 16.0. The second kappa shape index (κ2) is 4.81. The van der Waals surface area contributed by atoms with Crippen LogP contribution in [0.3, 0.4) is 0 Å². The molecule has 19 heavy (non-hydrogen) atoms. The summed E-state index contributed by atoms with van der Waals surface area (Å²) in [6.45, 7) is 0.559. The van der Waals surface area contributed by atoms with Crippen molar-refractivity contribution in [1.82, 2.24) is 0 Å². The van der Waals surface area contributed by atoms with Crippen molar-refractivity contribution < 1.29 is 24.1 Å². The number of thiophene rings is 1. The Labute approximate surface area is 113 Å². The smallest absolute Gasteiger partial charge is 0.345 e. The van der Waals surface area contributed by atoms with Crippen LogP contribution in [0.4, 0.5) is 0 Å². The highest BCUT2D eigenvalue weighted by atomic mass is 32.1. The largest absolute Gasteiger partial charge is 0.488 e. The minimum absolute atomic E-state index is 0.228. The van der Waals surface area contributed by atoms with Gasteiger partial charge in [0, 0.05) is 10.9 Å². The van der Waals surface area contributed by atoms with Gasteiger partial charge in [0.1, 0.15) is 17.2 Å². The van der Waals surface area contributed by atoms with Gasteiger partial charge < -0.3 is 19.3 Å². The van der Waals surface area contributed by atoms with Crippen molar-refractivity contribution in [3.8, 4) is 17.2 Å². The van der Waals surface area contributed by atoms with Crippen LogP contribution in [0.25, 0.3) is 0 Å². The molecular weight excluding hydrogens is 268 g/mol. The second-order valence-corrected chi connectivity index (χ2v) is 5.04. The molecule has 0 spiro atoms. The number of hydrogen-bond donors (Lipinski definition) is 1. The molecule has 0 saturated heterocycles. The summed E-state index contributed by atoms with van der Waals surface area (Å²) in [6, 6.07) is 8.66. The van der Waals surface area contributed by atoms with E-state index in [9.17, 15) is 4.79 Å². The van der Waals surface area contributed by atoms with E-state index in [4.69, 9.17) is 19.3 Å². The third kappa shape index (κ3) is 2.48. The summed E-state index contributed by atoms with van der Waals surface area (Å²) in [4.78, 5) is 11.9. The first kappa shape index (κ1) is 11.9. The number of carbonyl (C=O) groups is 1. The van der Waals surface area contributed by atoms with Crippen LogP contribution in [0.15, 0.2) is 30.3 Å². The van der Waals surface area contributed by atoms with Gasteiger partial charge in [0.2, 0.25) is 6.79 Å². The van der Waals surface area contributed by atoms with Crippen LogP contribution < -0.4 is 14.2 Å². The Hall–Kier alpha value is -2.21. The van der Waals surface area contributed by atoms with E-state index < -0.39 is 5.97 Å². The van der Waals surface area contributed by atoms with E-state index in [2.05, 4.69) is 0 Å². The van der Waals surface area contributed by atoms with Crippen molar-refractivity contribution in [1.29, 1.82) is 0 Å². The van der Waals surface area contributed by atoms with Gasteiger partial charge in [-0.05, 0) is 24.3 Å². The predicted molar refractivity (Wildman–Crippen MR) is 68.2 cm³/mol. The quantitative estimate of drug-likeness (QED) is 0.931. The molecule has 0 bridgehead atoms. The molecule has 0 amide bonds. The fourth-order valence-corrected chi connectivity index (χ4v) is 2.45. The molecule has 1 N–H and O–H groups in total. The molecule has 0 radical (unpaired) electrons. The van der Waals surface area contributed by atoms with Crippen LogP contribution in [0.5, 0.6) is 17.2 Å². The first-order valence-electron chi connectivity index (χ1n) is 5.57. The van der Waals surface area contributed by atoms with Crippen LogP contribution in [0.1, 0.15) is 14.5 Å². The van der Waals surface area contributed by atoms with E-state index in [1.54, 1.807) is 30.3 Å². The van der Waals surface area contributed by atoms with E-state index in [-0.39, 0.29) is 6.79 Å². The van der Waals surface area contributed by atoms with Crippen molar-refractivity contribution in [2.75, 3.05) is 6.79 Å². The second-order valence-electron chi connectivity index (χ2n) is 3.87. The van der Waals surface area contributed by atoms with Crippen molar-refractivity contribution in [3.05, 3.63) is 40.1 Å². The number of hydrogen-bond acceptors (Lipinski definition) is 5. The molecule has 2 aromatic rings. The van der Waals surface area contributed by atoms with Gasteiger partial charge >= 0.3 is 5.97 Å². The first-order valence-corrected chi connectivity index (χ1v) is 6.38. The summed E-state index contributed by atoms with van der Waals surface area (Å²) in [7, 11) is 0. The minimum atomic E-state index is -0.917. The molecule has 0 fully saturated rings. The number of rotatable bonds is 4. The monoisotopic (exact) mass is 278 g/mol. The summed E-state index contributed by atoms with van der Waals surface area (Å²) >= 11 is 1.21. The normalized spacial score (nSPS) is 12.4. The van der Waals surface area contributed by atoms with Gasteiger partial charge in [0.05, 0.1) is 0 Å². The lowest BCUT2D eigenvalue weighted by Crippen LogP contribution is -1.93. The number of benzene rings is 1. The van der Waals surface area contributed by atoms with E-state index in [0.717, 1.165) is 4.88 Å². The van der Waals surface area contributed by atoms with Crippen molar-refractivity contribution in [2.24, 2.45) is 0 Å². The topological polar surface area (TPSA) is 65.0 Å². The zero-order valence-corrected chi connectivity index (χ0v) is 10.6. The van der Waals surface area contributed by atoms with Crippen LogP contribution in [0, 0.1) is 0 Å². The van der Waals surface area contributed by atoms with Crippen molar-refractivity contribution in [2.45, 2.75) is 6.61 Å². The Balaban J connectivity index is 1.67. The Morgan fingerprint density at radius 3 is 2.89 bits per heavy atom. The maximum atomic E-state index is 10.8. The Morgan fingerprint density at radius 2 is 2.11 bits per heavy atom. The molecule has 6 heteroatoms. The third-order valence-corrected chi connectivity index (χ3v) is 3.64. The molecule has 0 saturated carbocycles.